The Hall–Kier alpha value is -1.21. The summed E-state index contributed by atoms with van der Waals surface area (Å²) >= 11 is 0. The molecule has 0 aliphatic carbocycles. The van der Waals surface area contributed by atoms with E-state index in [4.69, 9.17) is 15.6 Å². The van der Waals surface area contributed by atoms with Crippen molar-refractivity contribution in [1.29, 1.82) is 10.8 Å². The summed E-state index contributed by atoms with van der Waals surface area (Å²) in [6, 6.07) is 9.45. The zero-order chi connectivity index (χ0) is 14.8. The molecule has 0 fully saturated rings. The maximum Gasteiger partial charge on any atom is 0.129 e. The van der Waals surface area contributed by atoms with Gasteiger partial charge in [0.15, 0.2) is 0 Å². The predicted molar refractivity (Wildman–Crippen MR) is 93.8 cm³/mol. The van der Waals surface area contributed by atoms with Crippen LogP contribution in [0.1, 0.15) is 19.3 Å². The fraction of sp³-hybridized carbons (Fsp3) is 0.467. The molecule has 110 valence electrons. The lowest BCUT2D eigenvalue weighted by atomic mass is 10.2. The molecule has 5 heteroatoms. The second-order valence-corrected chi connectivity index (χ2v) is 10.9. The van der Waals surface area contributed by atoms with E-state index in [2.05, 4.69) is 31.3 Å². The maximum atomic E-state index is 7.22. The molecule has 0 unspecified atom stereocenters. The Morgan fingerprint density at radius 1 is 1.05 bits per heavy atom. The van der Waals surface area contributed by atoms with Crippen molar-refractivity contribution >= 4 is 34.5 Å². The van der Waals surface area contributed by atoms with Gasteiger partial charge < -0.3 is 15.6 Å². The van der Waals surface area contributed by atoms with Gasteiger partial charge >= 0.3 is 0 Å². The summed E-state index contributed by atoms with van der Waals surface area (Å²) in [5, 5.41) is 15.8. The molecule has 3 nitrogen and oxygen atoms in total. The van der Waals surface area contributed by atoms with Crippen LogP contribution in [-0.2, 0) is 0 Å². The summed E-state index contributed by atoms with van der Waals surface area (Å²) in [5.41, 5.74) is 0. The van der Waals surface area contributed by atoms with E-state index in [0.717, 1.165) is 37.7 Å². The monoisotopic (exact) mass is 306 g/mol. The van der Waals surface area contributed by atoms with E-state index in [1.54, 1.807) is 0 Å². The lowest BCUT2D eigenvalue weighted by Gasteiger charge is -2.13. The molecule has 1 aromatic rings. The molecule has 0 heterocycles. The van der Waals surface area contributed by atoms with Gasteiger partial charge in [-0.15, -0.1) is 0 Å². The number of nitrogens with one attached hydrogen (secondary N) is 2. The number of ether oxygens (including phenoxy) is 1. The molecule has 1 rings (SSSR count). The Morgan fingerprint density at radius 2 is 1.75 bits per heavy atom. The van der Waals surface area contributed by atoms with E-state index in [1.165, 1.54) is 16.9 Å². The second-order valence-electron chi connectivity index (χ2n) is 5.39. The van der Waals surface area contributed by atoms with E-state index in [1.807, 2.05) is 6.07 Å². The van der Waals surface area contributed by atoms with Gasteiger partial charge in [-0.2, -0.15) is 0 Å². The molecular formula is C15H26N2OSi2. The molecule has 0 aromatic heterocycles. The quantitative estimate of drug-likeness (QED) is 0.389. The van der Waals surface area contributed by atoms with Crippen molar-refractivity contribution in [2.45, 2.75) is 38.4 Å². The van der Waals surface area contributed by atoms with Crippen LogP contribution < -0.4 is 9.92 Å². The van der Waals surface area contributed by atoms with Crippen LogP contribution in [0, 0.1) is 10.8 Å². The normalized spacial score (nSPS) is 12.2. The number of para-hydroxylation sites is 1. The van der Waals surface area contributed by atoms with Gasteiger partial charge in [0.25, 0.3) is 0 Å². The molecule has 0 spiro atoms. The number of hydrogen-bond acceptors (Lipinski definition) is 3. The molecule has 0 bridgehead atoms. The van der Waals surface area contributed by atoms with Crippen LogP contribution in [0.5, 0.6) is 5.75 Å². The van der Waals surface area contributed by atoms with Gasteiger partial charge in [0.05, 0.1) is 15.4 Å². The van der Waals surface area contributed by atoms with Gasteiger partial charge in [-0.1, -0.05) is 50.2 Å². The third kappa shape index (κ3) is 5.84. The predicted octanol–water partition coefficient (Wildman–Crippen LogP) is 2.53. The Labute approximate surface area is 125 Å². The highest BCUT2D eigenvalue weighted by Crippen LogP contribution is 2.10. The van der Waals surface area contributed by atoms with Gasteiger partial charge in [-0.25, -0.2) is 0 Å². The molecule has 0 atom stereocenters. The van der Waals surface area contributed by atoms with Crippen LogP contribution in [0.3, 0.4) is 0 Å². The molecule has 0 aliphatic rings. The SMILES string of the molecule is C[SiH](C)c1ccccc1OCCCCC[SiH](C=N)C=N. The third-order valence-corrected chi connectivity index (χ3v) is 7.06. The average molecular weight is 307 g/mol. The molecule has 2 N–H and O–H groups in total. The van der Waals surface area contributed by atoms with Gasteiger partial charge in [0.2, 0.25) is 0 Å². The molecule has 0 radical (unpaired) electrons. The minimum absolute atomic E-state index is 0.777. The van der Waals surface area contributed by atoms with Gasteiger partial charge in [-0.3, -0.25) is 0 Å². The van der Waals surface area contributed by atoms with Crippen molar-refractivity contribution in [2.75, 3.05) is 6.61 Å². The first-order chi connectivity index (χ1) is 9.69. The lowest BCUT2D eigenvalue weighted by molar-refractivity contribution is 0.308. The van der Waals surface area contributed by atoms with E-state index in [-0.39, 0.29) is 0 Å². The van der Waals surface area contributed by atoms with Crippen molar-refractivity contribution in [2.24, 2.45) is 0 Å². The van der Waals surface area contributed by atoms with Crippen molar-refractivity contribution in [3.8, 4) is 5.75 Å². The van der Waals surface area contributed by atoms with Crippen molar-refractivity contribution in [3.63, 3.8) is 0 Å². The number of hydrogen-bond donors (Lipinski definition) is 2. The summed E-state index contributed by atoms with van der Waals surface area (Å²) < 4.78 is 5.91. The molecule has 0 amide bonds. The average Bonchev–Trinajstić information content (AvgIpc) is 2.47. The Kier molecular flexibility index (Phi) is 8.14. The van der Waals surface area contributed by atoms with E-state index in [0.29, 0.717) is 0 Å². The molecule has 0 aliphatic heterocycles. The zero-order valence-corrected chi connectivity index (χ0v) is 14.9. The summed E-state index contributed by atoms with van der Waals surface area (Å²) in [5.74, 6) is 4.06. The van der Waals surface area contributed by atoms with E-state index in [9.17, 15) is 0 Å². The summed E-state index contributed by atoms with van der Waals surface area (Å²) in [6.45, 7) is 5.42. The van der Waals surface area contributed by atoms with Crippen molar-refractivity contribution in [3.05, 3.63) is 24.3 Å². The first-order valence-electron chi connectivity index (χ1n) is 7.42. The minimum Gasteiger partial charge on any atom is -0.494 e. The van der Waals surface area contributed by atoms with Crippen LogP contribution in [0.25, 0.3) is 0 Å². The topological polar surface area (TPSA) is 56.9 Å². The highest BCUT2D eigenvalue weighted by atomic mass is 28.3. The summed E-state index contributed by atoms with van der Waals surface area (Å²) in [6.07, 6.45) is 3.31. The third-order valence-electron chi connectivity index (χ3n) is 3.41. The molecular weight excluding hydrogens is 280 g/mol. The van der Waals surface area contributed by atoms with Gasteiger partial charge in [0, 0.05) is 0 Å². The summed E-state index contributed by atoms with van der Waals surface area (Å²) in [4.78, 5) is 0. The van der Waals surface area contributed by atoms with Crippen LogP contribution >= 0.6 is 0 Å². The van der Waals surface area contributed by atoms with E-state index < -0.39 is 17.6 Å². The standard InChI is InChI=1S/C15H26N2OSi2/c1-19(2)15-9-5-4-8-14(15)18-10-6-3-7-11-20(12-16)13-17/h4-5,8-9,12-13,16-17,19-20H,3,6-7,10-11H2,1-2H3. The molecule has 20 heavy (non-hydrogen) atoms. The second kappa shape index (κ2) is 9.66. The highest BCUT2D eigenvalue weighted by molar-refractivity contribution is 7.03. The van der Waals surface area contributed by atoms with Crippen molar-refractivity contribution in [1.82, 2.24) is 0 Å². The lowest BCUT2D eigenvalue weighted by Crippen LogP contribution is -2.24. The zero-order valence-electron chi connectivity index (χ0n) is 12.6. The Bertz CT molecular complexity index is 416. The van der Waals surface area contributed by atoms with Crippen molar-refractivity contribution < 1.29 is 4.74 Å². The summed E-state index contributed by atoms with van der Waals surface area (Å²) in [7, 11) is -2.10. The minimum atomic E-state index is -1.28. The Morgan fingerprint density at radius 3 is 2.40 bits per heavy atom. The first-order valence-corrected chi connectivity index (χ1v) is 12.5. The van der Waals surface area contributed by atoms with Crippen LogP contribution in [0.2, 0.25) is 19.1 Å². The fourth-order valence-electron chi connectivity index (χ4n) is 2.14. The largest absolute Gasteiger partial charge is 0.494 e. The smallest absolute Gasteiger partial charge is 0.129 e. The maximum absolute atomic E-state index is 7.22. The number of rotatable bonds is 10. The van der Waals surface area contributed by atoms with Crippen LogP contribution in [-0.4, -0.2) is 35.9 Å². The molecule has 0 saturated heterocycles. The fourth-order valence-corrected chi connectivity index (χ4v) is 4.58. The molecule has 1 aromatic carbocycles. The van der Waals surface area contributed by atoms with Gasteiger partial charge in [-0.05, 0) is 29.3 Å². The Balaban J connectivity index is 2.25. The van der Waals surface area contributed by atoms with E-state index >= 15 is 0 Å². The number of benzene rings is 1. The molecule has 0 saturated carbocycles. The number of unbranched alkanes of at least 4 members (excludes halogenated alkanes) is 2. The first kappa shape index (κ1) is 16.8. The van der Waals surface area contributed by atoms with Gasteiger partial charge in [0.1, 0.15) is 14.5 Å². The highest BCUT2D eigenvalue weighted by Gasteiger charge is 2.07. The van der Waals surface area contributed by atoms with Crippen LogP contribution in [0.4, 0.5) is 0 Å². The van der Waals surface area contributed by atoms with Crippen LogP contribution in [0.15, 0.2) is 24.3 Å².